The lowest BCUT2D eigenvalue weighted by Gasteiger charge is -2.11. The van der Waals surface area contributed by atoms with Crippen molar-refractivity contribution in [3.05, 3.63) is 80.0 Å². The lowest BCUT2D eigenvalue weighted by molar-refractivity contribution is -0.384. The van der Waals surface area contributed by atoms with Crippen molar-refractivity contribution in [2.75, 3.05) is 6.61 Å². The fourth-order valence-corrected chi connectivity index (χ4v) is 3.62. The van der Waals surface area contributed by atoms with E-state index < -0.39 is 10.8 Å². The number of nitro benzene ring substituents is 1. The van der Waals surface area contributed by atoms with Gasteiger partial charge in [-0.25, -0.2) is 5.43 Å². The van der Waals surface area contributed by atoms with Crippen LogP contribution in [0.4, 0.5) is 5.69 Å². The molecule has 1 amide bonds. The average Bonchev–Trinajstić information content (AvgIpc) is 3.16. The van der Waals surface area contributed by atoms with E-state index in [1.807, 2.05) is 26.0 Å². The Morgan fingerprint density at radius 2 is 2.03 bits per heavy atom. The van der Waals surface area contributed by atoms with E-state index >= 15 is 0 Å². The third kappa shape index (κ3) is 5.12. The van der Waals surface area contributed by atoms with Crippen LogP contribution < -0.4 is 10.2 Å². The van der Waals surface area contributed by atoms with Gasteiger partial charge in [-0.3, -0.25) is 14.9 Å². The minimum absolute atomic E-state index is 0.0571. The number of ether oxygens (including phenoxy) is 1. The van der Waals surface area contributed by atoms with Crippen LogP contribution in [0.5, 0.6) is 5.75 Å². The number of hydrogen-bond acceptors (Lipinski definition) is 6. The van der Waals surface area contributed by atoms with Crippen molar-refractivity contribution < 1.29 is 18.9 Å². The highest BCUT2D eigenvalue weighted by Gasteiger charge is 2.16. The van der Waals surface area contributed by atoms with E-state index in [1.165, 1.54) is 12.3 Å². The number of nitrogens with one attached hydrogen (secondary N) is 1. The lowest BCUT2D eigenvalue weighted by Crippen LogP contribution is -2.24. The molecule has 0 aliphatic rings. The second-order valence-corrected chi connectivity index (χ2v) is 7.31. The van der Waals surface area contributed by atoms with E-state index in [0.717, 1.165) is 15.6 Å². The molecule has 30 heavy (non-hydrogen) atoms. The highest BCUT2D eigenvalue weighted by atomic mass is 79.9. The number of halogens is 1. The summed E-state index contributed by atoms with van der Waals surface area (Å²) in [5.74, 6) is 0.822. The molecule has 0 radical (unpaired) electrons. The number of rotatable bonds is 7. The quantitative estimate of drug-likeness (QED) is 0.303. The fourth-order valence-electron chi connectivity index (χ4n) is 2.83. The number of amides is 1. The number of carbonyl (C=O) groups excluding carboxylic acids is 1. The van der Waals surface area contributed by atoms with Crippen LogP contribution in [0.25, 0.3) is 11.3 Å². The van der Waals surface area contributed by atoms with Crippen LogP contribution in [0, 0.1) is 24.0 Å². The van der Waals surface area contributed by atoms with Crippen LogP contribution >= 0.6 is 15.9 Å². The highest BCUT2D eigenvalue weighted by Crippen LogP contribution is 2.31. The maximum absolute atomic E-state index is 12.0. The van der Waals surface area contributed by atoms with Gasteiger partial charge < -0.3 is 9.15 Å². The third-order valence-electron chi connectivity index (χ3n) is 4.10. The summed E-state index contributed by atoms with van der Waals surface area (Å²) in [6.45, 7) is 3.66. The van der Waals surface area contributed by atoms with Gasteiger partial charge in [-0.2, -0.15) is 5.10 Å². The van der Waals surface area contributed by atoms with E-state index in [4.69, 9.17) is 9.15 Å². The molecule has 0 atom stereocenters. The Bertz CT molecular complexity index is 1100. The molecule has 0 aliphatic carbocycles. The van der Waals surface area contributed by atoms with Gasteiger partial charge in [0.1, 0.15) is 17.3 Å². The Balaban J connectivity index is 1.59. The SMILES string of the molecule is Cc1cc(C)c(OCC(=O)NN=Cc2ccc(-c3ccccc3[N+](=O)[O-])o2)c(Br)c1. The predicted molar refractivity (Wildman–Crippen MR) is 116 cm³/mol. The molecule has 0 fully saturated rings. The number of hydrogen-bond donors (Lipinski definition) is 1. The van der Waals surface area contributed by atoms with E-state index in [-0.39, 0.29) is 12.3 Å². The molecule has 8 nitrogen and oxygen atoms in total. The molecule has 154 valence electrons. The Morgan fingerprint density at radius 3 is 2.77 bits per heavy atom. The summed E-state index contributed by atoms with van der Waals surface area (Å²) in [5.41, 5.74) is 4.65. The van der Waals surface area contributed by atoms with Gasteiger partial charge in [-0.15, -0.1) is 0 Å². The zero-order valence-electron chi connectivity index (χ0n) is 16.2. The Labute approximate surface area is 180 Å². The standard InChI is InChI=1S/C21H18BrN3O5/c1-13-9-14(2)21(17(22)10-13)29-12-20(26)24-23-11-15-7-8-19(30-15)16-5-3-4-6-18(16)25(27)28/h3-11H,12H2,1-2H3,(H,24,26). The van der Waals surface area contributed by atoms with Crippen LogP contribution in [0.2, 0.25) is 0 Å². The highest BCUT2D eigenvalue weighted by molar-refractivity contribution is 9.10. The summed E-state index contributed by atoms with van der Waals surface area (Å²) in [4.78, 5) is 22.6. The molecule has 1 N–H and O–H groups in total. The first-order valence-corrected chi connectivity index (χ1v) is 9.69. The van der Waals surface area contributed by atoms with Crippen LogP contribution in [0.1, 0.15) is 16.9 Å². The Morgan fingerprint density at radius 1 is 1.27 bits per heavy atom. The number of aryl methyl sites for hydroxylation is 2. The fraction of sp³-hybridized carbons (Fsp3) is 0.143. The van der Waals surface area contributed by atoms with Gasteiger partial charge >= 0.3 is 0 Å². The molecular weight excluding hydrogens is 454 g/mol. The predicted octanol–water partition coefficient (Wildman–Crippen LogP) is 4.76. The van der Waals surface area contributed by atoms with Gasteiger partial charge in [0.05, 0.1) is 21.2 Å². The van der Waals surface area contributed by atoms with Crippen LogP contribution in [0.3, 0.4) is 0 Å². The first-order valence-electron chi connectivity index (χ1n) is 8.90. The molecule has 3 aromatic rings. The van der Waals surface area contributed by atoms with Crippen molar-refractivity contribution in [2.45, 2.75) is 13.8 Å². The first kappa shape index (κ1) is 21.3. The largest absolute Gasteiger partial charge is 0.482 e. The molecule has 0 saturated heterocycles. The summed E-state index contributed by atoms with van der Waals surface area (Å²) >= 11 is 3.43. The molecule has 0 saturated carbocycles. The number of nitrogens with zero attached hydrogens (tertiary/aromatic N) is 2. The van der Waals surface area contributed by atoms with Crippen molar-refractivity contribution in [2.24, 2.45) is 5.10 Å². The summed E-state index contributed by atoms with van der Waals surface area (Å²) < 4.78 is 11.9. The molecule has 1 aromatic heterocycles. The number of hydrazone groups is 1. The number of carbonyl (C=O) groups is 1. The van der Waals surface area contributed by atoms with Gasteiger partial charge in [0.2, 0.25) is 0 Å². The molecule has 2 aromatic carbocycles. The van der Waals surface area contributed by atoms with Crippen molar-refractivity contribution in [1.29, 1.82) is 0 Å². The van der Waals surface area contributed by atoms with Crippen molar-refractivity contribution in [3.63, 3.8) is 0 Å². The van der Waals surface area contributed by atoms with Crippen LogP contribution in [0.15, 0.2) is 62.5 Å². The maximum atomic E-state index is 12.0. The molecule has 0 unspecified atom stereocenters. The monoisotopic (exact) mass is 471 g/mol. The second kappa shape index (κ2) is 9.36. The summed E-state index contributed by atoms with van der Waals surface area (Å²) in [5, 5.41) is 15.0. The van der Waals surface area contributed by atoms with Crippen molar-refractivity contribution in [1.82, 2.24) is 5.43 Å². The molecule has 0 bridgehead atoms. The van der Waals surface area contributed by atoms with Crippen LogP contribution in [-0.2, 0) is 4.79 Å². The van der Waals surface area contributed by atoms with E-state index in [2.05, 4.69) is 26.5 Å². The molecule has 9 heteroatoms. The first-order chi connectivity index (χ1) is 14.3. The Kier molecular flexibility index (Phi) is 6.63. The smallest absolute Gasteiger partial charge is 0.280 e. The molecule has 3 rings (SSSR count). The summed E-state index contributed by atoms with van der Waals surface area (Å²) in [6.07, 6.45) is 1.31. The van der Waals surface area contributed by atoms with Gasteiger partial charge in [-0.1, -0.05) is 18.2 Å². The van der Waals surface area contributed by atoms with E-state index in [9.17, 15) is 14.9 Å². The maximum Gasteiger partial charge on any atom is 0.280 e. The zero-order chi connectivity index (χ0) is 21.7. The summed E-state index contributed by atoms with van der Waals surface area (Å²) in [7, 11) is 0. The third-order valence-corrected chi connectivity index (χ3v) is 4.68. The number of para-hydroxylation sites is 1. The molecule has 1 heterocycles. The van der Waals surface area contributed by atoms with Gasteiger partial charge in [0, 0.05) is 6.07 Å². The van der Waals surface area contributed by atoms with E-state index in [1.54, 1.807) is 30.3 Å². The van der Waals surface area contributed by atoms with E-state index in [0.29, 0.717) is 22.8 Å². The van der Waals surface area contributed by atoms with Crippen molar-refractivity contribution in [3.8, 4) is 17.1 Å². The number of furan rings is 1. The minimum Gasteiger partial charge on any atom is -0.482 e. The average molecular weight is 472 g/mol. The van der Waals surface area contributed by atoms with Gasteiger partial charge in [-0.05, 0) is 65.2 Å². The number of nitro groups is 1. The second-order valence-electron chi connectivity index (χ2n) is 6.45. The molecule has 0 aliphatic heterocycles. The van der Waals surface area contributed by atoms with Gasteiger partial charge in [0.25, 0.3) is 11.6 Å². The molecular formula is C21H18BrN3O5. The summed E-state index contributed by atoms with van der Waals surface area (Å²) in [6, 6.07) is 13.3. The van der Waals surface area contributed by atoms with Crippen LogP contribution in [-0.4, -0.2) is 23.7 Å². The minimum atomic E-state index is -0.472. The molecule has 0 spiro atoms. The Hall–Kier alpha value is -3.46. The lowest BCUT2D eigenvalue weighted by atomic mass is 10.1. The normalized spacial score (nSPS) is 10.9. The van der Waals surface area contributed by atoms with Crippen molar-refractivity contribution >= 4 is 33.7 Å². The van der Waals surface area contributed by atoms with Gasteiger partial charge in [0.15, 0.2) is 6.61 Å². The topological polar surface area (TPSA) is 107 Å². The zero-order valence-corrected chi connectivity index (χ0v) is 17.8. The number of benzene rings is 2.